The first kappa shape index (κ1) is 17.8. The topological polar surface area (TPSA) is 61.0 Å². The number of aromatic nitrogens is 2. The maximum atomic E-state index is 12.3. The predicted octanol–water partition coefficient (Wildman–Crippen LogP) is 4.48. The maximum Gasteiger partial charge on any atom is 0.230 e. The minimum absolute atomic E-state index is 0.0806. The van der Waals surface area contributed by atoms with E-state index >= 15 is 0 Å². The van der Waals surface area contributed by atoms with Crippen molar-refractivity contribution in [2.45, 2.75) is 6.42 Å². The first-order valence-corrected chi connectivity index (χ1v) is 9.20. The summed E-state index contributed by atoms with van der Waals surface area (Å²) < 4.78 is 0. The zero-order valence-electron chi connectivity index (χ0n) is 15.9. The molecular weight excluding hydrogens is 348 g/mol. The van der Waals surface area contributed by atoms with Crippen molar-refractivity contribution in [3.63, 3.8) is 0 Å². The molecule has 1 heterocycles. The molecule has 0 radical (unpaired) electrons. The smallest absolute Gasteiger partial charge is 0.230 e. The van der Waals surface area contributed by atoms with Gasteiger partial charge in [-0.25, -0.2) is 0 Å². The van der Waals surface area contributed by atoms with Crippen LogP contribution in [0.1, 0.15) is 5.56 Å². The highest BCUT2D eigenvalue weighted by Crippen LogP contribution is 2.28. The summed E-state index contributed by atoms with van der Waals surface area (Å²) in [7, 11) is 4.05. The number of hydrogen-bond donors (Lipinski definition) is 2. The Bertz CT molecular complexity index is 1100. The van der Waals surface area contributed by atoms with Gasteiger partial charge in [-0.2, -0.15) is 5.10 Å². The van der Waals surface area contributed by atoms with Crippen LogP contribution >= 0.6 is 0 Å². The Kier molecular flexibility index (Phi) is 4.81. The lowest BCUT2D eigenvalue weighted by Crippen LogP contribution is -2.14. The van der Waals surface area contributed by atoms with Gasteiger partial charge in [-0.3, -0.25) is 9.89 Å². The predicted molar refractivity (Wildman–Crippen MR) is 115 cm³/mol. The zero-order valence-corrected chi connectivity index (χ0v) is 15.9. The van der Waals surface area contributed by atoms with Gasteiger partial charge in [-0.05, 0) is 41.0 Å². The molecule has 0 fully saturated rings. The molecule has 1 amide bonds. The number of rotatable bonds is 5. The van der Waals surface area contributed by atoms with Crippen LogP contribution in [0.15, 0.2) is 72.8 Å². The molecule has 140 valence electrons. The van der Waals surface area contributed by atoms with Gasteiger partial charge in [0.15, 0.2) is 5.82 Å². The molecule has 4 rings (SSSR count). The number of hydrogen-bond acceptors (Lipinski definition) is 3. The highest BCUT2D eigenvalue weighted by atomic mass is 16.1. The maximum absolute atomic E-state index is 12.3. The standard InChI is InChI=1S/C23H22N4O/c1-27(2)19-11-8-17(9-12-19)18-10-13-20-21(15-18)25-26-23(20)24-22(28)14-16-6-4-3-5-7-16/h3-13,15H,14H2,1-2H3,(H2,24,25,26,28). The molecule has 0 atom stereocenters. The fraction of sp³-hybridized carbons (Fsp3) is 0.130. The minimum atomic E-state index is -0.0806. The van der Waals surface area contributed by atoms with E-state index in [-0.39, 0.29) is 5.91 Å². The van der Waals surface area contributed by atoms with Crippen molar-refractivity contribution in [2.75, 3.05) is 24.3 Å². The lowest BCUT2D eigenvalue weighted by atomic mass is 10.0. The Hall–Kier alpha value is -3.60. The molecule has 0 spiro atoms. The highest BCUT2D eigenvalue weighted by Gasteiger charge is 2.11. The van der Waals surface area contributed by atoms with E-state index in [0.717, 1.165) is 33.3 Å². The average molecular weight is 370 g/mol. The van der Waals surface area contributed by atoms with Crippen molar-refractivity contribution < 1.29 is 4.79 Å². The molecule has 0 saturated carbocycles. The SMILES string of the molecule is CN(C)c1ccc(-c2ccc3c(NC(=O)Cc4ccccc4)n[nH]c3c2)cc1. The van der Waals surface area contributed by atoms with E-state index in [1.165, 1.54) is 0 Å². The molecule has 0 aliphatic carbocycles. The number of amides is 1. The van der Waals surface area contributed by atoms with Gasteiger partial charge in [0.2, 0.25) is 5.91 Å². The molecule has 1 aromatic heterocycles. The van der Waals surface area contributed by atoms with Crippen LogP contribution in [0.5, 0.6) is 0 Å². The molecular formula is C23H22N4O. The molecule has 0 aliphatic heterocycles. The molecule has 0 aliphatic rings. The van der Waals surface area contributed by atoms with E-state index in [2.05, 4.69) is 56.8 Å². The normalized spacial score (nSPS) is 10.8. The molecule has 5 heteroatoms. The second-order valence-electron chi connectivity index (χ2n) is 6.98. The lowest BCUT2D eigenvalue weighted by Gasteiger charge is -2.12. The Morgan fingerprint density at radius 2 is 1.68 bits per heavy atom. The van der Waals surface area contributed by atoms with Gasteiger partial charge in [0.1, 0.15) is 0 Å². The third-order valence-corrected chi connectivity index (χ3v) is 4.75. The van der Waals surface area contributed by atoms with E-state index in [0.29, 0.717) is 12.2 Å². The summed E-state index contributed by atoms with van der Waals surface area (Å²) in [5.74, 6) is 0.480. The fourth-order valence-corrected chi connectivity index (χ4v) is 3.20. The highest BCUT2D eigenvalue weighted by molar-refractivity contribution is 6.01. The first-order chi connectivity index (χ1) is 13.6. The summed E-state index contributed by atoms with van der Waals surface area (Å²) in [6.07, 6.45) is 0.325. The van der Waals surface area contributed by atoms with Crippen LogP contribution < -0.4 is 10.2 Å². The lowest BCUT2D eigenvalue weighted by molar-refractivity contribution is -0.115. The molecule has 4 aromatic rings. The molecule has 0 saturated heterocycles. The number of carbonyl (C=O) groups excluding carboxylic acids is 1. The van der Waals surface area contributed by atoms with Gasteiger partial charge in [0, 0.05) is 25.2 Å². The zero-order chi connectivity index (χ0) is 19.5. The summed E-state index contributed by atoms with van der Waals surface area (Å²) in [5.41, 5.74) is 5.27. The van der Waals surface area contributed by atoms with Crippen LogP contribution in [0.2, 0.25) is 0 Å². The molecule has 0 bridgehead atoms. The third kappa shape index (κ3) is 3.74. The Morgan fingerprint density at radius 3 is 2.39 bits per heavy atom. The number of carbonyl (C=O) groups is 1. The average Bonchev–Trinajstić information content (AvgIpc) is 3.10. The van der Waals surface area contributed by atoms with Gasteiger partial charge in [0.25, 0.3) is 0 Å². The molecule has 0 unspecified atom stereocenters. The molecule has 2 N–H and O–H groups in total. The third-order valence-electron chi connectivity index (χ3n) is 4.75. The van der Waals surface area contributed by atoms with E-state index in [1.807, 2.05) is 50.5 Å². The molecule has 5 nitrogen and oxygen atoms in total. The van der Waals surface area contributed by atoms with Crippen molar-refractivity contribution >= 4 is 28.3 Å². The quantitative estimate of drug-likeness (QED) is 0.545. The second-order valence-corrected chi connectivity index (χ2v) is 6.98. The summed E-state index contributed by atoms with van der Waals surface area (Å²) in [5, 5.41) is 11.1. The van der Waals surface area contributed by atoms with Crippen molar-refractivity contribution in [2.24, 2.45) is 0 Å². The number of benzene rings is 3. The van der Waals surface area contributed by atoms with Gasteiger partial charge in [-0.1, -0.05) is 48.5 Å². The summed E-state index contributed by atoms with van der Waals surface area (Å²) in [6, 6.07) is 24.2. The van der Waals surface area contributed by atoms with E-state index in [9.17, 15) is 4.79 Å². The van der Waals surface area contributed by atoms with Crippen LogP contribution in [0, 0.1) is 0 Å². The van der Waals surface area contributed by atoms with E-state index in [4.69, 9.17) is 0 Å². The largest absolute Gasteiger partial charge is 0.378 e. The number of nitrogens with zero attached hydrogens (tertiary/aromatic N) is 2. The number of nitrogens with one attached hydrogen (secondary N) is 2. The second kappa shape index (κ2) is 7.56. The number of anilines is 2. The van der Waals surface area contributed by atoms with Crippen LogP contribution in [0.4, 0.5) is 11.5 Å². The van der Waals surface area contributed by atoms with E-state index < -0.39 is 0 Å². The van der Waals surface area contributed by atoms with Crippen molar-refractivity contribution in [3.05, 3.63) is 78.4 Å². The van der Waals surface area contributed by atoms with E-state index in [1.54, 1.807) is 0 Å². The molecule has 3 aromatic carbocycles. The van der Waals surface area contributed by atoms with Gasteiger partial charge >= 0.3 is 0 Å². The number of fused-ring (bicyclic) bond motifs is 1. The summed E-state index contributed by atoms with van der Waals surface area (Å²) in [6.45, 7) is 0. The van der Waals surface area contributed by atoms with Gasteiger partial charge in [0.05, 0.1) is 11.9 Å². The minimum Gasteiger partial charge on any atom is -0.378 e. The van der Waals surface area contributed by atoms with Crippen LogP contribution in [0.3, 0.4) is 0 Å². The van der Waals surface area contributed by atoms with Crippen LogP contribution in [-0.4, -0.2) is 30.2 Å². The summed E-state index contributed by atoms with van der Waals surface area (Å²) in [4.78, 5) is 14.4. The van der Waals surface area contributed by atoms with Crippen LogP contribution in [0.25, 0.3) is 22.0 Å². The van der Waals surface area contributed by atoms with Crippen molar-refractivity contribution in [1.82, 2.24) is 10.2 Å². The Morgan fingerprint density at radius 1 is 0.964 bits per heavy atom. The number of aromatic amines is 1. The number of H-pyrrole nitrogens is 1. The molecule has 28 heavy (non-hydrogen) atoms. The first-order valence-electron chi connectivity index (χ1n) is 9.20. The van der Waals surface area contributed by atoms with Crippen LogP contribution in [-0.2, 0) is 11.2 Å². The van der Waals surface area contributed by atoms with Gasteiger partial charge in [-0.15, -0.1) is 0 Å². The Balaban J connectivity index is 1.53. The fourth-order valence-electron chi connectivity index (χ4n) is 3.20. The summed E-state index contributed by atoms with van der Waals surface area (Å²) >= 11 is 0. The van der Waals surface area contributed by atoms with Crippen molar-refractivity contribution in [1.29, 1.82) is 0 Å². The van der Waals surface area contributed by atoms with Gasteiger partial charge < -0.3 is 10.2 Å². The van der Waals surface area contributed by atoms with Crippen molar-refractivity contribution in [3.8, 4) is 11.1 Å². The monoisotopic (exact) mass is 370 g/mol. The Labute approximate surface area is 164 Å².